The Labute approximate surface area is 91.4 Å². The highest BCUT2D eigenvalue weighted by molar-refractivity contribution is 6.17. The third kappa shape index (κ3) is 6.08. The summed E-state index contributed by atoms with van der Waals surface area (Å²) in [4.78, 5) is 13.2. The number of hydrogen-bond acceptors (Lipinski definition) is 2. The summed E-state index contributed by atoms with van der Waals surface area (Å²) >= 11 is 5.56. The van der Waals surface area contributed by atoms with E-state index in [0.29, 0.717) is 19.0 Å². The molecular weight excluding hydrogens is 202 g/mol. The molecule has 0 heterocycles. The van der Waals surface area contributed by atoms with Crippen LogP contribution in [0.4, 0.5) is 4.79 Å². The van der Waals surface area contributed by atoms with Gasteiger partial charge >= 0.3 is 6.09 Å². The summed E-state index contributed by atoms with van der Waals surface area (Å²) in [5.41, 5.74) is -0.425. The van der Waals surface area contributed by atoms with E-state index in [9.17, 15) is 4.79 Å². The van der Waals surface area contributed by atoms with Gasteiger partial charge in [-0.15, -0.1) is 11.6 Å². The average Bonchev–Trinajstić information content (AvgIpc) is 2.02. The summed E-state index contributed by atoms with van der Waals surface area (Å²) < 4.78 is 5.23. The number of nitrogens with zero attached hydrogens (tertiary/aromatic N) is 1. The van der Waals surface area contributed by atoms with Crippen LogP contribution in [0.5, 0.6) is 0 Å². The zero-order valence-electron chi connectivity index (χ0n) is 9.47. The topological polar surface area (TPSA) is 29.5 Å². The van der Waals surface area contributed by atoms with E-state index < -0.39 is 5.60 Å². The van der Waals surface area contributed by atoms with Crippen LogP contribution in [0, 0.1) is 0 Å². The molecule has 0 aromatic rings. The lowest BCUT2D eigenvalue weighted by molar-refractivity contribution is 0.0261. The lowest BCUT2D eigenvalue weighted by Gasteiger charge is -2.26. The Morgan fingerprint density at radius 3 is 2.36 bits per heavy atom. The second-order valence-corrected chi connectivity index (χ2v) is 4.48. The van der Waals surface area contributed by atoms with Gasteiger partial charge in [0.15, 0.2) is 0 Å². The molecule has 0 aromatic carbocycles. The first kappa shape index (κ1) is 13.6. The molecule has 0 saturated heterocycles. The molecule has 0 aliphatic carbocycles. The summed E-state index contributed by atoms with van der Waals surface area (Å²) in [5.74, 6) is 0.569. The summed E-state index contributed by atoms with van der Waals surface area (Å²) in [7, 11) is 0. The fraction of sp³-hybridized carbons (Fsp3) is 0.900. The molecule has 3 nitrogen and oxygen atoms in total. The van der Waals surface area contributed by atoms with Gasteiger partial charge in [0.25, 0.3) is 0 Å². The van der Waals surface area contributed by atoms with E-state index in [0.717, 1.165) is 6.42 Å². The first-order chi connectivity index (χ1) is 6.40. The predicted molar refractivity (Wildman–Crippen MR) is 58.8 cm³/mol. The molecule has 4 heteroatoms. The first-order valence-corrected chi connectivity index (χ1v) is 5.48. The van der Waals surface area contributed by atoms with Crippen LogP contribution in [0.15, 0.2) is 0 Å². The first-order valence-electron chi connectivity index (χ1n) is 4.94. The van der Waals surface area contributed by atoms with E-state index >= 15 is 0 Å². The van der Waals surface area contributed by atoms with Gasteiger partial charge in [0.2, 0.25) is 0 Å². The smallest absolute Gasteiger partial charge is 0.410 e. The SMILES string of the molecule is CCN(CCCCl)C(=O)OC(C)(C)C. The molecule has 0 N–H and O–H groups in total. The maximum Gasteiger partial charge on any atom is 0.410 e. The molecule has 0 spiro atoms. The van der Waals surface area contributed by atoms with Crippen LogP contribution < -0.4 is 0 Å². The standard InChI is InChI=1S/C10H20ClNO2/c1-5-12(8-6-7-11)9(13)14-10(2,3)4/h5-8H2,1-4H3. The van der Waals surface area contributed by atoms with E-state index in [4.69, 9.17) is 16.3 Å². The van der Waals surface area contributed by atoms with Gasteiger partial charge in [-0.2, -0.15) is 0 Å². The Bertz CT molecular complexity index is 177. The van der Waals surface area contributed by atoms with Gasteiger partial charge in [-0.05, 0) is 34.1 Å². The van der Waals surface area contributed by atoms with Crippen molar-refractivity contribution in [3.63, 3.8) is 0 Å². The van der Waals surface area contributed by atoms with Crippen LogP contribution in [0.1, 0.15) is 34.1 Å². The zero-order valence-corrected chi connectivity index (χ0v) is 10.2. The van der Waals surface area contributed by atoms with Crippen LogP contribution in [-0.2, 0) is 4.74 Å². The Balaban J connectivity index is 4.04. The highest BCUT2D eigenvalue weighted by Crippen LogP contribution is 2.10. The summed E-state index contributed by atoms with van der Waals surface area (Å²) in [6, 6.07) is 0. The van der Waals surface area contributed by atoms with Crippen molar-refractivity contribution in [2.45, 2.75) is 39.7 Å². The Morgan fingerprint density at radius 2 is 2.00 bits per heavy atom. The third-order valence-corrected chi connectivity index (χ3v) is 1.86. The molecule has 0 saturated carbocycles. The lowest BCUT2D eigenvalue weighted by Crippen LogP contribution is -2.37. The number of carbonyl (C=O) groups is 1. The molecule has 84 valence electrons. The van der Waals surface area contributed by atoms with E-state index in [1.165, 1.54) is 0 Å². The second kappa shape index (κ2) is 6.12. The quantitative estimate of drug-likeness (QED) is 0.684. The number of alkyl halides is 1. The van der Waals surface area contributed by atoms with Crippen LogP contribution in [0.25, 0.3) is 0 Å². The highest BCUT2D eigenvalue weighted by atomic mass is 35.5. The van der Waals surface area contributed by atoms with E-state index in [1.807, 2.05) is 27.7 Å². The van der Waals surface area contributed by atoms with Crippen LogP contribution in [0.2, 0.25) is 0 Å². The Morgan fingerprint density at radius 1 is 1.43 bits per heavy atom. The van der Waals surface area contributed by atoms with Crippen molar-refractivity contribution >= 4 is 17.7 Å². The molecule has 0 rings (SSSR count). The Kier molecular flexibility index (Phi) is 5.93. The number of carbonyl (C=O) groups excluding carboxylic acids is 1. The number of halogens is 1. The van der Waals surface area contributed by atoms with Crippen LogP contribution in [0.3, 0.4) is 0 Å². The normalized spacial score (nSPS) is 11.2. The van der Waals surface area contributed by atoms with E-state index in [-0.39, 0.29) is 6.09 Å². The highest BCUT2D eigenvalue weighted by Gasteiger charge is 2.20. The molecule has 0 fully saturated rings. The van der Waals surface area contributed by atoms with Crippen molar-refractivity contribution < 1.29 is 9.53 Å². The minimum absolute atomic E-state index is 0.259. The Hall–Kier alpha value is -0.440. The van der Waals surface area contributed by atoms with Crippen LogP contribution in [-0.4, -0.2) is 35.6 Å². The van der Waals surface area contributed by atoms with Gasteiger partial charge in [-0.1, -0.05) is 0 Å². The molecule has 0 aliphatic heterocycles. The average molecular weight is 222 g/mol. The maximum absolute atomic E-state index is 11.6. The number of rotatable bonds is 4. The number of ether oxygens (including phenoxy) is 1. The molecule has 0 radical (unpaired) electrons. The van der Waals surface area contributed by atoms with Gasteiger partial charge < -0.3 is 9.64 Å². The molecule has 0 bridgehead atoms. The fourth-order valence-corrected chi connectivity index (χ4v) is 1.08. The van der Waals surface area contributed by atoms with Crippen molar-refractivity contribution in [1.29, 1.82) is 0 Å². The number of amides is 1. The van der Waals surface area contributed by atoms with E-state index in [1.54, 1.807) is 4.90 Å². The molecule has 0 aromatic heterocycles. The second-order valence-electron chi connectivity index (χ2n) is 4.10. The fourth-order valence-electron chi connectivity index (χ4n) is 0.956. The van der Waals surface area contributed by atoms with Crippen molar-refractivity contribution in [2.24, 2.45) is 0 Å². The summed E-state index contributed by atoms with van der Waals surface area (Å²) in [6.07, 6.45) is 0.541. The van der Waals surface area contributed by atoms with E-state index in [2.05, 4.69) is 0 Å². The summed E-state index contributed by atoms with van der Waals surface area (Å²) in [6.45, 7) is 8.83. The monoisotopic (exact) mass is 221 g/mol. The lowest BCUT2D eigenvalue weighted by atomic mass is 10.2. The molecule has 0 aliphatic rings. The minimum Gasteiger partial charge on any atom is -0.444 e. The van der Waals surface area contributed by atoms with Crippen molar-refractivity contribution in [1.82, 2.24) is 4.90 Å². The largest absolute Gasteiger partial charge is 0.444 e. The molecule has 14 heavy (non-hydrogen) atoms. The van der Waals surface area contributed by atoms with Crippen LogP contribution >= 0.6 is 11.6 Å². The summed E-state index contributed by atoms with van der Waals surface area (Å²) in [5, 5.41) is 0. The van der Waals surface area contributed by atoms with Gasteiger partial charge in [0.1, 0.15) is 5.60 Å². The minimum atomic E-state index is -0.425. The molecular formula is C10H20ClNO2. The van der Waals surface area contributed by atoms with Gasteiger partial charge in [-0.25, -0.2) is 4.79 Å². The van der Waals surface area contributed by atoms with Crippen molar-refractivity contribution in [3.05, 3.63) is 0 Å². The third-order valence-electron chi connectivity index (χ3n) is 1.60. The molecule has 1 amide bonds. The van der Waals surface area contributed by atoms with Gasteiger partial charge in [0.05, 0.1) is 0 Å². The molecule has 0 unspecified atom stereocenters. The number of hydrogen-bond donors (Lipinski definition) is 0. The zero-order chi connectivity index (χ0) is 11.2. The predicted octanol–water partition coefficient (Wildman–Crippen LogP) is 2.87. The van der Waals surface area contributed by atoms with Crippen molar-refractivity contribution in [2.75, 3.05) is 19.0 Å². The maximum atomic E-state index is 11.6. The molecule has 0 atom stereocenters. The van der Waals surface area contributed by atoms with Gasteiger partial charge in [0, 0.05) is 19.0 Å². The van der Waals surface area contributed by atoms with Crippen molar-refractivity contribution in [3.8, 4) is 0 Å². The van der Waals surface area contributed by atoms with Gasteiger partial charge in [-0.3, -0.25) is 0 Å².